The van der Waals surface area contributed by atoms with Crippen molar-refractivity contribution >= 4 is 33.4 Å². The van der Waals surface area contributed by atoms with Crippen LogP contribution in [0.5, 0.6) is 5.88 Å². The highest BCUT2D eigenvalue weighted by Crippen LogP contribution is 2.28. The number of pyridine rings is 2. The maximum Gasteiger partial charge on any atom is 0.271 e. The molecule has 4 rings (SSSR count). The molecule has 0 unspecified atom stereocenters. The third-order valence-electron chi connectivity index (χ3n) is 4.71. The van der Waals surface area contributed by atoms with Gasteiger partial charge in [-0.05, 0) is 43.0 Å². The van der Waals surface area contributed by atoms with Gasteiger partial charge in [0, 0.05) is 12.3 Å². The second-order valence-electron chi connectivity index (χ2n) is 6.97. The summed E-state index contributed by atoms with van der Waals surface area (Å²) in [6.45, 7) is 4.21. The molecule has 2 N–H and O–H groups in total. The van der Waals surface area contributed by atoms with E-state index in [0.717, 1.165) is 21.5 Å². The van der Waals surface area contributed by atoms with Crippen molar-refractivity contribution in [2.75, 3.05) is 12.4 Å². The first-order valence-corrected chi connectivity index (χ1v) is 10.6. The number of anilines is 1. The Morgan fingerprint density at radius 3 is 2.81 bits per heavy atom. The van der Waals surface area contributed by atoms with Gasteiger partial charge in [-0.2, -0.15) is 0 Å². The van der Waals surface area contributed by atoms with Crippen LogP contribution in [0.2, 0.25) is 0 Å². The first kappa shape index (κ1) is 20.7. The summed E-state index contributed by atoms with van der Waals surface area (Å²) in [5, 5.41) is 8.14. The number of ether oxygens (including phenoxy) is 1. The number of nitrogens with zero attached hydrogens (tertiary/aromatic N) is 4. The van der Waals surface area contributed by atoms with Gasteiger partial charge in [-0.3, -0.25) is 9.78 Å². The van der Waals surface area contributed by atoms with Gasteiger partial charge in [-0.25, -0.2) is 15.0 Å². The molecule has 0 aliphatic carbocycles. The molecule has 1 amide bonds. The topological polar surface area (TPSA) is 102 Å². The minimum atomic E-state index is -0.285. The van der Waals surface area contributed by atoms with E-state index < -0.39 is 0 Å². The first-order valence-electron chi connectivity index (χ1n) is 9.76. The summed E-state index contributed by atoms with van der Waals surface area (Å²) < 4.78 is 5.89. The van der Waals surface area contributed by atoms with Gasteiger partial charge in [-0.15, -0.1) is 11.3 Å². The number of nitrogens with one attached hydrogen (secondary N) is 2. The number of fused-ring (bicyclic) bond motifs is 1. The van der Waals surface area contributed by atoms with Crippen LogP contribution < -0.4 is 15.4 Å². The molecule has 0 bridgehead atoms. The highest BCUT2D eigenvalue weighted by Gasteiger charge is 2.19. The Hall–Kier alpha value is -3.59. The number of hydrogen-bond donors (Lipinski definition) is 2. The predicted molar refractivity (Wildman–Crippen MR) is 120 cm³/mol. The number of carbonyl (C=O) groups excluding carboxylic acids is 1. The van der Waals surface area contributed by atoms with E-state index >= 15 is 0 Å². The Kier molecular flexibility index (Phi) is 6.03. The van der Waals surface area contributed by atoms with Crippen LogP contribution in [-0.2, 0) is 6.54 Å². The molecule has 0 radical (unpaired) electrons. The highest BCUT2D eigenvalue weighted by molar-refractivity contribution is 7.17. The normalized spacial score (nSPS) is 11.8. The predicted octanol–water partition coefficient (Wildman–Crippen LogP) is 3.90. The van der Waals surface area contributed by atoms with Crippen LogP contribution in [0, 0.1) is 6.92 Å². The molecule has 0 aromatic carbocycles. The molecular formula is C22H22N6O2S. The van der Waals surface area contributed by atoms with Crippen LogP contribution in [0.3, 0.4) is 0 Å². The van der Waals surface area contributed by atoms with Crippen LogP contribution in [0.4, 0.5) is 5.95 Å². The smallest absolute Gasteiger partial charge is 0.271 e. The van der Waals surface area contributed by atoms with Crippen molar-refractivity contribution in [2.24, 2.45) is 0 Å². The first-order chi connectivity index (χ1) is 15.0. The summed E-state index contributed by atoms with van der Waals surface area (Å²) in [5.74, 6) is 0.601. The fraction of sp³-hybridized carbons (Fsp3) is 0.227. The second-order valence-corrected chi connectivity index (χ2v) is 7.85. The standard InChI is InChI=1S/C22H22N6O2S/c1-13-12-31-20-18(13)27-22(25-14(2)16-8-4-5-10-23-16)28-19(20)21(29)24-11-15-7-6-9-17(26-15)30-3/h4-10,12,14H,11H2,1-3H3,(H,24,29)(H,25,27,28)/t14-/m0/s1. The van der Waals surface area contributed by atoms with Crippen molar-refractivity contribution in [3.8, 4) is 5.88 Å². The molecule has 0 aliphatic rings. The van der Waals surface area contributed by atoms with E-state index in [1.54, 1.807) is 19.4 Å². The summed E-state index contributed by atoms with van der Waals surface area (Å²) in [6.07, 6.45) is 1.74. The Morgan fingerprint density at radius 1 is 1.16 bits per heavy atom. The number of hydrogen-bond acceptors (Lipinski definition) is 8. The van der Waals surface area contributed by atoms with Gasteiger partial charge < -0.3 is 15.4 Å². The molecule has 0 saturated heterocycles. The second kappa shape index (κ2) is 9.05. The van der Waals surface area contributed by atoms with Gasteiger partial charge in [0.05, 0.1) is 41.3 Å². The lowest BCUT2D eigenvalue weighted by Crippen LogP contribution is -2.25. The quantitative estimate of drug-likeness (QED) is 0.455. The molecule has 31 heavy (non-hydrogen) atoms. The van der Waals surface area contributed by atoms with Crippen LogP contribution in [0.1, 0.15) is 40.4 Å². The average molecular weight is 435 g/mol. The lowest BCUT2D eigenvalue weighted by Gasteiger charge is -2.14. The van der Waals surface area contributed by atoms with E-state index in [9.17, 15) is 4.79 Å². The van der Waals surface area contributed by atoms with Gasteiger partial charge in [-0.1, -0.05) is 12.1 Å². The SMILES string of the molecule is COc1cccc(CNC(=O)c2nc(N[C@@H](C)c3ccccn3)nc3c(C)csc23)n1. The zero-order valence-electron chi connectivity index (χ0n) is 17.4. The van der Waals surface area contributed by atoms with Crippen LogP contribution in [0.15, 0.2) is 48.0 Å². The lowest BCUT2D eigenvalue weighted by atomic mass is 10.2. The minimum absolute atomic E-state index is 0.116. The van der Waals surface area contributed by atoms with E-state index in [1.165, 1.54) is 11.3 Å². The maximum absolute atomic E-state index is 13.0. The van der Waals surface area contributed by atoms with Crippen LogP contribution in [0.25, 0.3) is 10.2 Å². The zero-order valence-corrected chi connectivity index (χ0v) is 18.2. The molecule has 9 heteroatoms. The number of rotatable bonds is 7. The monoisotopic (exact) mass is 434 g/mol. The number of carbonyl (C=O) groups is 1. The van der Waals surface area contributed by atoms with Crippen molar-refractivity contribution in [1.29, 1.82) is 0 Å². The van der Waals surface area contributed by atoms with Crippen molar-refractivity contribution in [3.63, 3.8) is 0 Å². The Bertz CT molecular complexity index is 1210. The van der Waals surface area contributed by atoms with Crippen molar-refractivity contribution in [3.05, 3.63) is 70.6 Å². The van der Waals surface area contributed by atoms with Gasteiger partial charge in [0.25, 0.3) is 5.91 Å². The molecule has 0 spiro atoms. The molecule has 0 aliphatic heterocycles. The van der Waals surface area contributed by atoms with E-state index in [1.807, 2.05) is 49.6 Å². The van der Waals surface area contributed by atoms with E-state index in [4.69, 9.17) is 4.74 Å². The summed E-state index contributed by atoms with van der Waals surface area (Å²) in [7, 11) is 1.56. The Morgan fingerprint density at radius 2 is 2.03 bits per heavy atom. The van der Waals surface area contributed by atoms with Crippen molar-refractivity contribution < 1.29 is 9.53 Å². The van der Waals surface area contributed by atoms with Gasteiger partial charge in [0.2, 0.25) is 11.8 Å². The van der Waals surface area contributed by atoms with Crippen molar-refractivity contribution in [2.45, 2.75) is 26.4 Å². The zero-order chi connectivity index (χ0) is 21.8. The molecule has 158 valence electrons. The third-order valence-corrected chi connectivity index (χ3v) is 5.80. The van der Waals surface area contributed by atoms with Gasteiger partial charge >= 0.3 is 0 Å². The molecule has 4 aromatic rings. The summed E-state index contributed by atoms with van der Waals surface area (Å²) in [6, 6.07) is 11.0. The minimum Gasteiger partial charge on any atom is -0.481 e. The highest BCUT2D eigenvalue weighted by atomic mass is 32.1. The van der Waals surface area contributed by atoms with Gasteiger partial charge in [0.1, 0.15) is 0 Å². The fourth-order valence-electron chi connectivity index (χ4n) is 3.07. The summed E-state index contributed by atoms with van der Waals surface area (Å²) >= 11 is 1.46. The molecule has 0 fully saturated rings. The average Bonchev–Trinajstić information content (AvgIpc) is 3.18. The molecule has 4 aromatic heterocycles. The fourth-order valence-corrected chi connectivity index (χ4v) is 4.05. The number of aromatic nitrogens is 4. The van der Waals surface area contributed by atoms with E-state index in [2.05, 4.69) is 30.6 Å². The number of thiophene rings is 1. The summed E-state index contributed by atoms with van der Waals surface area (Å²) in [5.41, 5.74) is 3.66. The summed E-state index contributed by atoms with van der Waals surface area (Å²) in [4.78, 5) is 30.9. The third kappa shape index (κ3) is 4.61. The largest absolute Gasteiger partial charge is 0.481 e. The van der Waals surface area contributed by atoms with Crippen LogP contribution in [-0.4, -0.2) is 33.0 Å². The number of methoxy groups -OCH3 is 1. The Balaban J connectivity index is 1.59. The lowest BCUT2D eigenvalue weighted by molar-refractivity contribution is 0.0947. The van der Waals surface area contributed by atoms with Gasteiger partial charge in [0.15, 0.2) is 5.69 Å². The van der Waals surface area contributed by atoms with Crippen LogP contribution >= 0.6 is 11.3 Å². The number of aryl methyl sites for hydroxylation is 1. The van der Waals surface area contributed by atoms with E-state index in [-0.39, 0.29) is 18.5 Å². The molecule has 8 nitrogen and oxygen atoms in total. The maximum atomic E-state index is 13.0. The molecule has 1 atom stereocenters. The molecule has 0 saturated carbocycles. The Labute approximate surface area is 183 Å². The molecule has 4 heterocycles. The molecular weight excluding hydrogens is 412 g/mol. The van der Waals surface area contributed by atoms with E-state index in [0.29, 0.717) is 23.2 Å². The van der Waals surface area contributed by atoms with Crippen molar-refractivity contribution in [1.82, 2.24) is 25.3 Å². The number of amides is 1.